The van der Waals surface area contributed by atoms with Gasteiger partial charge >= 0.3 is 0 Å². The van der Waals surface area contributed by atoms with Crippen LogP contribution in [0.5, 0.6) is 11.5 Å². The van der Waals surface area contributed by atoms with Crippen LogP contribution < -0.4 is 4.74 Å². The normalized spacial score (nSPS) is 30.5. The Morgan fingerprint density at radius 3 is 2.54 bits per heavy atom. The Morgan fingerprint density at radius 2 is 1.88 bits per heavy atom. The molecule has 2 atom stereocenters. The van der Waals surface area contributed by atoms with Crippen molar-refractivity contribution in [3.8, 4) is 11.5 Å². The van der Waals surface area contributed by atoms with Crippen LogP contribution in [-0.4, -0.2) is 56.3 Å². The Bertz CT molecular complexity index is 817. The molecule has 1 fully saturated rings. The molecule has 6 heteroatoms. The van der Waals surface area contributed by atoms with Gasteiger partial charge in [-0.3, -0.25) is 9.69 Å². The van der Waals surface area contributed by atoms with E-state index in [1.807, 2.05) is 6.07 Å². The summed E-state index contributed by atoms with van der Waals surface area (Å²) >= 11 is 0. The number of allylic oxidation sites excluding steroid dienone is 1. The van der Waals surface area contributed by atoms with Crippen molar-refractivity contribution in [3.63, 3.8) is 0 Å². The van der Waals surface area contributed by atoms with Gasteiger partial charge in [-0.25, -0.2) is 0 Å². The van der Waals surface area contributed by atoms with Crippen LogP contribution in [0.25, 0.3) is 0 Å². The van der Waals surface area contributed by atoms with E-state index in [4.69, 9.17) is 14.2 Å². The van der Waals surface area contributed by atoms with E-state index >= 15 is 0 Å². The predicted octanol–water partition coefficient (Wildman–Crippen LogP) is 2.14. The van der Waals surface area contributed by atoms with Crippen LogP contribution in [0.2, 0.25) is 0 Å². The van der Waals surface area contributed by atoms with Crippen molar-refractivity contribution in [2.75, 3.05) is 34.9 Å². The highest BCUT2D eigenvalue weighted by Crippen LogP contribution is 2.63. The lowest BCUT2D eigenvalue weighted by Crippen LogP contribution is -2.62. The first kappa shape index (κ1) is 17.2. The molecule has 26 heavy (non-hydrogen) atoms. The number of aryl methyl sites for hydroxylation is 1. The molecule has 140 valence electrons. The van der Waals surface area contributed by atoms with Crippen molar-refractivity contribution in [1.29, 1.82) is 0 Å². The van der Waals surface area contributed by atoms with Gasteiger partial charge in [0.1, 0.15) is 0 Å². The SMILES string of the molecule is COC1=C(OC)[C@]23CCc4ccc(O)c(OC)c4C2(CCN3C)CC1=O. The van der Waals surface area contributed by atoms with Crippen LogP contribution in [0.3, 0.4) is 0 Å². The van der Waals surface area contributed by atoms with E-state index in [1.165, 1.54) is 7.11 Å². The minimum absolute atomic E-state index is 0.0616. The monoisotopic (exact) mass is 359 g/mol. The van der Waals surface area contributed by atoms with E-state index in [2.05, 4.69) is 11.9 Å². The number of ketones is 1. The second kappa shape index (κ2) is 5.64. The first-order chi connectivity index (χ1) is 12.5. The van der Waals surface area contributed by atoms with Crippen LogP contribution in [0.1, 0.15) is 30.4 Å². The molecule has 0 spiro atoms. The maximum atomic E-state index is 13.0. The topological polar surface area (TPSA) is 68.2 Å². The van der Waals surface area contributed by atoms with E-state index in [0.717, 1.165) is 36.9 Å². The second-order valence-electron chi connectivity index (χ2n) is 7.43. The number of aromatic hydroxyl groups is 1. The molecule has 1 unspecified atom stereocenters. The summed E-state index contributed by atoms with van der Waals surface area (Å²) in [7, 11) is 6.77. The van der Waals surface area contributed by atoms with Gasteiger partial charge in [0, 0.05) is 17.4 Å². The Labute approximate surface area is 153 Å². The summed E-state index contributed by atoms with van der Waals surface area (Å²) in [5.74, 6) is 1.45. The van der Waals surface area contributed by atoms with Crippen LogP contribution in [0.4, 0.5) is 0 Å². The smallest absolute Gasteiger partial charge is 0.201 e. The van der Waals surface area contributed by atoms with E-state index < -0.39 is 11.0 Å². The molecule has 1 N–H and O–H groups in total. The number of hydrogen-bond donors (Lipinski definition) is 1. The molecule has 6 nitrogen and oxygen atoms in total. The van der Waals surface area contributed by atoms with Crippen LogP contribution in [-0.2, 0) is 26.1 Å². The van der Waals surface area contributed by atoms with Crippen LogP contribution in [0.15, 0.2) is 23.7 Å². The Kier molecular flexibility index (Phi) is 3.74. The maximum absolute atomic E-state index is 13.0. The molecule has 0 aromatic heterocycles. The number of carbonyl (C=O) groups excluding carboxylic acids is 1. The average Bonchev–Trinajstić information content (AvgIpc) is 2.94. The average molecular weight is 359 g/mol. The molecule has 1 aliphatic heterocycles. The van der Waals surface area contributed by atoms with Crippen molar-refractivity contribution < 1.29 is 24.1 Å². The number of carbonyl (C=O) groups is 1. The first-order valence-electron chi connectivity index (χ1n) is 8.93. The third-order valence-corrected chi connectivity index (χ3v) is 6.69. The number of likely N-dealkylation sites (N-methyl/N-ethyl adjacent to an activating group) is 1. The zero-order chi connectivity index (χ0) is 18.7. The quantitative estimate of drug-likeness (QED) is 0.892. The molecular formula is C20H25NO5. The third kappa shape index (κ3) is 1.78. The van der Waals surface area contributed by atoms with Gasteiger partial charge in [-0.1, -0.05) is 6.07 Å². The highest BCUT2D eigenvalue weighted by atomic mass is 16.5. The minimum Gasteiger partial charge on any atom is -0.504 e. The summed E-state index contributed by atoms with van der Waals surface area (Å²) < 4.78 is 16.9. The van der Waals surface area contributed by atoms with Gasteiger partial charge in [0.05, 0.1) is 26.9 Å². The standard InChI is InChI=1S/C20H25NO5/c1-21-10-9-19-11-14(23)17(25-3)18(26-4)20(19,21)8-7-12-5-6-13(22)16(24-2)15(12)19/h5-6,22H,7-11H2,1-4H3/t19?,20-/m1/s1. The van der Waals surface area contributed by atoms with E-state index in [9.17, 15) is 9.90 Å². The van der Waals surface area contributed by atoms with Gasteiger partial charge in [0.2, 0.25) is 11.5 Å². The fraction of sp³-hybridized carbons (Fsp3) is 0.550. The number of Topliss-reactive ketones (excluding diaryl/α,β-unsaturated/α-hetero) is 1. The molecule has 0 bridgehead atoms. The minimum atomic E-state index is -0.496. The highest BCUT2D eigenvalue weighted by molar-refractivity contribution is 5.97. The van der Waals surface area contributed by atoms with Crippen LogP contribution >= 0.6 is 0 Å². The molecule has 2 aliphatic carbocycles. The lowest BCUT2D eigenvalue weighted by Gasteiger charge is -2.55. The molecule has 3 aliphatic rings. The number of rotatable bonds is 3. The van der Waals surface area contributed by atoms with Crippen LogP contribution in [0, 0.1) is 0 Å². The number of fused-ring (bicyclic) bond motifs is 1. The molecule has 4 rings (SSSR count). The van der Waals surface area contributed by atoms with Gasteiger partial charge < -0.3 is 19.3 Å². The lowest BCUT2D eigenvalue weighted by molar-refractivity contribution is -0.124. The van der Waals surface area contributed by atoms with Crippen molar-refractivity contribution in [3.05, 3.63) is 34.8 Å². The fourth-order valence-electron chi connectivity index (χ4n) is 5.72. The van der Waals surface area contributed by atoms with Crippen molar-refractivity contribution in [2.45, 2.75) is 36.6 Å². The second-order valence-corrected chi connectivity index (χ2v) is 7.43. The molecule has 0 saturated carbocycles. The summed E-state index contributed by atoms with van der Waals surface area (Å²) in [5.41, 5.74) is 1.11. The largest absolute Gasteiger partial charge is 0.504 e. The number of hydrogen-bond acceptors (Lipinski definition) is 6. The molecule has 1 heterocycles. The number of likely N-dealkylation sites (tertiary alicyclic amines) is 1. The molecule has 1 aromatic carbocycles. The maximum Gasteiger partial charge on any atom is 0.201 e. The summed E-state index contributed by atoms with van der Waals surface area (Å²) in [6.07, 6.45) is 2.76. The first-order valence-corrected chi connectivity index (χ1v) is 8.93. The van der Waals surface area contributed by atoms with Gasteiger partial charge in [0.15, 0.2) is 17.3 Å². The van der Waals surface area contributed by atoms with Crippen molar-refractivity contribution in [1.82, 2.24) is 4.90 Å². The highest BCUT2D eigenvalue weighted by Gasteiger charge is 2.68. The summed E-state index contributed by atoms with van der Waals surface area (Å²) in [5, 5.41) is 10.4. The predicted molar refractivity (Wildman–Crippen MR) is 95.3 cm³/mol. The van der Waals surface area contributed by atoms with Gasteiger partial charge in [-0.05, 0) is 44.5 Å². The Balaban J connectivity index is 2.09. The fourth-order valence-corrected chi connectivity index (χ4v) is 5.72. The number of benzene rings is 1. The van der Waals surface area contributed by atoms with Crippen molar-refractivity contribution in [2.24, 2.45) is 0 Å². The molecule has 0 amide bonds. The van der Waals surface area contributed by atoms with Gasteiger partial charge in [0.25, 0.3) is 0 Å². The molecule has 1 saturated heterocycles. The zero-order valence-electron chi connectivity index (χ0n) is 15.7. The summed E-state index contributed by atoms with van der Waals surface area (Å²) in [6, 6.07) is 3.63. The lowest BCUT2D eigenvalue weighted by atomic mass is 9.53. The van der Waals surface area contributed by atoms with Crippen molar-refractivity contribution >= 4 is 5.78 Å². The van der Waals surface area contributed by atoms with E-state index in [-0.39, 0.29) is 11.5 Å². The van der Waals surface area contributed by atoms with Gasteiger partial charge in [-0.2, -0.15) is 0 Å². The number of ether oxygens (including phenoxy) is 3. The Morgan fingerprint density at radius 1 is 1.12 bits per heavy atom. The summed E-state index contributed by atoms with van der Waals surface area (Å²) in [6.45, 7) is 0.829. The number of methoxy groups -OCH3 is 3. The molecule has 0 radical (unpaired) electrons. The van der Waals surface area contributed by atoms with E-state index in [1.54, 1.807) is 20.3 Å². The van der Waals surface area contributed by atoms with Gasteiger partial charge in [-0.15, -0.1) is 0 Å². The summed E-state index contributed by atoms with van der Waals surface area (Å²) in [4.78, 5) is 15.3. The number of nitrogens with zero attached hydrogens (tertiary/aromatic N) is 1. The molecule has 1 aromatic rings. The number of phenolic OH excluding ortho intramolecular Hbond substituents is 1. The van der Waals surface area contributed by atoms with E-state index in [0.29, 0.717) is 23.7 Å². The zero-order valence-corrected chi connectivity index (χ0v) is 15.7. The molecular weight excluding hydrogens is 334 g/mol. The third-order valence-electron chi connectivity index (χ3n) is 6.69. The Hall–Kier alpha value is -2.21. The number of phenols is 1.